The van der Waals surface area contributed by atoms with E-state index in [2.05, 4.69) is 0 Å². The molecule has 1 aromatic carbocycles. The molecule has 9 heteroatoms. The normalized spacial score (nSPS) is 24.6. The van der Waals surface area contributed by atoms with Gasteiger partial charge in [0.2, 0.25) is 10.0 Å². The van der Waals surface area contributed by atoms with E-state index in [9.17, 15) is 21.9 Å². The third-order valence-corrected chi connectivity index (χ3v) is 7.34. The summed E-state index contributed by atoms with van der Waals surface area (Å²) in [5, 5.41) is 9.87. The molecule has 1 heterocycles. The first-order valence-electron chi connectivity index (χ1n) is 6.59. The molecular weight excluding hydrogens is 330 g/mol. The first-order chi connectivity index (χ1) is 10.1. The van der Waals surface area contributed by atoms with Gasteiger partial charge in [0.25, 0.3) is 0 Å². The Hall–Kier alpha value is -1.16. The molecule has 0 aromatic heterocycles. The zero-order valence-corrected chi connectivity index (χ0v) is 14.2. The lowest BCUT2D eigenvalue weighted by atomic mass is 10.2. The maximum absolute atomic E-state index is 12.7. The molecule has 0 unspecified atom stereocenters. The molecular formula is C13H19NO6S2. The van der Waals surface area contributed by atoms with Crippen LogP contribution < -0.4 is 4.74 Å². The molecule has 1 N–H and O–H groups in total. The number of ether oxygens (including phenoxy) is 1. The van der Waals surface area contributed by atoms with Gasteiger partial charge in [0, 0.05) is 7.05 Å². The highest BCUT2D eigenvalue weighted by atomic mass is 32.2. The Bertz CT molecular complexity index is 772. The standard InChI is InChI=1S/C13H19NO6S2/c1-9-4-5-12(20-3)13(6-9)22(18,19)14(2)10-7-21(16,17)8-11(10)15/h4-6,10-11,15H,7-8H2,1-3H3/t10-,11-/m0/s1. The Morgan fingerprint density at radius 2 is 1.95 bits per heavy atom. The van der Waals surface area contributed by atoms with E-state index in [-0.39, 0.29) is 10.6 Å². The second-order valence-corrected chi connectivity index (χ2v) is 9.51. The Balaban J connectivity index is 2.45. The summed E-state index contributed by atoms with van der Waals surface area (Å²) in [5.74, 6) is -0.645. The summed E-state index contributed by atoms with van der Waals surface area (Å²) in [5.41, 5.74) is 0.729. The Morgan fingerprint density at radius 1 is 1.32 bits per heavy atom. The third-order valence-electron chi connectivity index (χ3n) is 3.74. The summed E-state index contributed by atoms with van der Waals surface area (Å²) in [7, 11) is -4.80. The fraction of sp³-hybridized carbons (Fsp3) is 0.538. The second kappa shape index (κ2) is 5.80. The summed E-state index contributed by atoms with van der Waals surface area (Å²) >= 11 is 0. The molecule has 124 valence electrons. The lowest BCUT2D eigenvalue weighted by Gasteiger charge is -2.26. The van der Waals surface area contributed by atoms with Gasteiger partial charge in [-0.25, -0.2) is 16.8 Å². The molecule has 0 saturated carbocycles. The van der Waals surface area contributed by atoms with Gasteiger partial charge in [0.05, 0.1) is 30.8 Å². The second-order valence-electron chi connectivity index (χ2n) is 5.39. The van der Waals surface area contributed by atoms with Crippen molar-refractivity contribution in [3.8, 4) is 5.75 Å². The molecule has 0 radical (unpaired) electrons. The van der Waals surface area contributed by atoms with Crippen LogP contribution in [0.15, 0.2) is 23.1 Å². The fourth-order valence-corrected chi connectivity index (χ4v) is 6.04. The Morgan fingerprint density at radius 3 is 2.45 bits per heavy atom. The number of rotatable bonds is 4. The average molecular weight is 349 g/mol. The van der Waals surface area contributed by atoms with E-state index in [4.69, 9.17) is 4.74 Å². The molecule has 2 atom stereocenters. The quantitative estimate of drug-likeness (QED) is 0.807. The van der Waals surface area contributed by atoms with Crippen molar-refractivity contribution in [1.29, 1.82) is 0 Å². The number of sulfonamides is 1. The number of hydrogen-bond acceptors (Lipinski definition) is 6. The van der Waals surface area contributed by atoms with E-state index in [1.807, 2.05) is 0 Å². The molecule has 1 fully saturated rings. The number of sulfone groups is 1. The first kappa shape index (κ1) is 17.2. The molecule has 0 aliphatic carbocycles. The Labute approximate surface area is 130 Å². The molecule has 1 saturated heterocycles. The molecule has 0 spiro atoms. The molecule has 2 rings (SSSR count). The number of aliphatic hydroxyl groups excluding tert-OH is 1. The third kappa shape index (κ3) is 3.12. The van der Waals surface area contributed by atoms with E-state index in [1.54, 1.807) is 13.0 Å². The van der Waals surface area contributed by atoms with Gasteiger partial charge in [0.15, 0.2) is 9.84 Å². The van der Waals surface area contributed by atoms with Crippen molar-refractivity contribution in [3.05, 3.63) is 23.8 Å². The summed E-state index contributed by atoms with van der Waals surface area (Å²) < 4.78 is 54.7. The van der Waals surface area contributed by atoms with Crippen molar-refractivity contribution < 1.29 is 26.7 Å². The SMILES string of the molecule is COc1ccc(C)cc1S(=O)(=O)N(C)[C@H]1CS(=O)(=O)C[C@@H]1O. The predicted molar refractivity (Wildman–Crippen MR) is 81.1 cm³/mol. The number of likely N-dealkylation sites (N-methyl/N-ethyl adjacent to an activating group) is 1. The van der Waals surface area contributed by atoms with Crippen LogP contribution in [0.1, 0.15) is 5.56 Å². The van der Waals surface area contributed by atoms with Gasteiger partial charge in [-0.05, 0) is 24.6 Å². The van der Waals surface area contributed by atoms with E-state index < -0.39 is 43.5 Å². The minimum Gasteiger partial charge on any atom is -0.495 e. The van der Waals surface area contributed by atoms with Crippen LogP contribution in [0.4, 0.5) is 0 Å². The minimum absolute atomic E-state index is 0.0472. The van der Waals surface area contributed by atoms with Crippen molar-refractivity contribution in [2.45, 2.75) is 24.0 Å². The monoisotopic (exact) mass is 349 g/mol. The number of methoxy groups -OCH3 is 1. The van der Waals surface area contributed by atoms with Gasteiger partial charge in [0.1, 0.15) is 10.6 Å². The van der Waals surface area contributed by atoms with E-state index in [0.29, 0.717) is 0 Å². The summed E-state index contributed by atoms with van der Waals surface area (Å²) in [6.45, 7) is 1.74. The number of aryl methyl sites for hydroxylation is 1. The predicted octanol–water partition coefficient (Wildman–Crippen LogP) is -0.218. The van der Waals surface area contributed by atoms with Gasteiger partial charge in [-0.2, -0.15) is 4.31 Å². The van der Waals surface area contributed by atoms with Gasteiger partial charge in [-0.15, -0.1) is 0 Å². The highest BCUT2D eigenvalue weighted by Gasteiger charge is 2.43. The molecule has 0 amide bonds. The average Bonchev–Trinajstić information content (AvgIpc) is 2.70. The molecule has 0 bridgehead atoms. The number of hydrogen-bond donors (Lipinski definition) is 1. The van der Waals surface area contributed by atoms with Crippen molar-refractivity contribution in [1.82, 2.24) is 4.31 Å². The van der Waals surface area contributed by atoms with Crippen LogP contribution in [0.5, 0.6) is 5.75 Å². The number of benzene rings is 1. The zero-order chi connectivity index (χ0) is 16.7. The Kier molecular flexibility index (Phi) is 4.54. The molecule has 7 nitrogen and oxygen atoms in total. The van der Waals surface area contributed by atoms with Crippen LogP contribution in [0.25, 0.3) is 0 Å². The zero-order valence-electron chi connectivity index (χ0n) is 12.6. The molecule has 1 aliphatic heterocycles. The lowest BCUT2D eigenvalue weighted by molar-refractivity contribution is 0.137. The molecule has 1 aliphatic rings. The van der Waals surface area contributed by atoms with Crippen LogP contribution in [0.3, 0.4) is 0 Å². The largest absolute Gasteiger partial charge is 0.495 e. The van der Waals surface area contributed by atoms with Crippen LogP contribution in [-0.4, -0.2) is 64.1 Å². The fourth-order valence-electron chi connectivity index (χ4n) is 2.48. The summed E-state index contributed by atoms with van der Waals surface area (Å²) in [4.78, 5) is -0.0472. The van der Waals surface area contributed by atoms with E-state index >= 15 is 0 Å². The van der Waals surface area contributed by atoms with Crippen molar-refractivity contribution in [2.24, 2.45) is 0 Å². The minimum atomic E-state index is -3.99. The topological polar surface area (TPSA) is 101 Å². The maximum atomic E-state index is 12.7. The van der Waals surface area contributed by atoms with Crippen LogP contribution in [0, 0.1) is 6.92 Å². The summed E-state index contributed by atoms with van der Waals surface area (Å²) in [6, 6.07) is 3.71. The van der Waals surface area contributed by atoms with Gasteiger partial charge >= 0.3 is 0 Å². The molecule has 1 aromatic rings. The number of aliphatic hydroxyl groups is 1. The first-order valence-corrected chi connectivity index (χ1v) is 9.86. The maximum Gasteiger partial charge on any atom is 0.246 e. The van der Waals surface area contributed by atoms with E-state index in [0.717, 1.165) is 9.87 Å². The van der Waals surface area contributed by atoms with Crippen LogP contribution in [0.2, 0.25) is 0 Å². The van der Waals surface area contributed by atoms with Crippen LogP contribution >= 0.6 is 0 Å². The van der Waals surface area contributed by atoms with Crippen molar-refractivity contribution in [3.63, 3.8) is 0 Å². The highest BCUT2D eigenvalue weighted by Crippen LogP contribution is 2.30. The highest BCUT2D eigenvalue weighted by molar-refractivity contribution is 7.92. The smallest absolute Gasteiger partial charge is 0.246 e. The van der Waals surface area contributed by atoms with Crippen molar-refractivity contribution >= 4 is 19.9 Å². The van der Waals surface area contributed by atoms with Gasteiger partial charge in [-0.1, -0.05) is 6.07 Å². The van der Waals surface area contributed by atoms with Crippen LogP contribution in [-0.2, 0) is 19.9 Å². The number of nitrogens with zero attached hydrogens (tertiary/aromatic N) is 1. The van der Waals surface area contributed by atoms with Crippen molar-refractivity contribution in [2.75, 3.05) is 25.7 Å². The van der Waals surface area contributed by atoms with Gasteiger partial charge < -0.3 is 9.84 Å². The summed E-state index contributed by atoms with van der Waals surface area (Å²) in [6.07, 6.45) is -1.24. The van der Waals surface area contributed by atoms with E-state index in [1.165, 1.54) is 26.3 Å². The molecule has 22 heavy (non-hydrogen) atoms. The van der Waals surface area contributed by atoms with Gasteiger partial charge in [-0.3, -0.25) is 0 Å². The lowest BCUT2D eigenvalue weighted by Crippen LogP contribution is -2.44.